The number of aromatic nitrogens is 3. The normalized spacial score (nSPS) is 15.7. The average Bonchev–Trinajstić information content (AvgIpc) is 2.89. The van der Waals surface area contributed by atoms with Crippen molar-refractivity contribution in [3.8, 4) is 0 Å². The van der Waals surface area contributed by atoms with Gasteiger partial charge in [0, 0.05) is 19.1 Å². The second-order valence-electron chi connectivity index (χ2n) is 6.47. The van der Waals surface area contributed by atoms with Gasteiger partial charge in [0.25, 0.3) is 0 Å². The third-order valence-electron chi connectivity index (χ3n) is 4.66. The van der Waals surface area contributed by atoms with Crippen LogP contribution in [0.3, 0.4) is 0 Å². The van der Waals surface area contributed by atoms with Crippen LogP contribution in [0.25, 0.3) is 0 Å². The highest BCUT2D eigenvalue weighted by molar-refractivity contribution is 5.41. The molecule has 1 saturated carbocycles. The van der Waals surface area contributed by atoms with Crippen molar-refractivity contribution < 1.29 is 0 Å². The van der Waals surface area contributed by atoms with Gasteiger partial charge in [0.15, 0.2) is 5.82 Å². The summed E-state index contributed by atoms with van der Waals surface area (Å²) in [6.07, 6.45) is 9.44. The molecule has 0 spiro atoms. The summed E-state index contributed by atoms with van der Waals surface area (Å²) in [6, 6.07) is 10.9. The van der Waals surface area contributed by atoms with Crippen molar-refractivity contribution in [2.45, 2.75) is 58.0 Å². The number of nitrogens with one attached hydrogen (secondary N) is 1. The fourth-order valence-corrected chi connectivity index (χ4v) is 3.27. The molecule has 1 fully saturated rings. The topological polar surface area (TPSA) is 53.9 Å². The van der Waals surface area contributed by atoms with Gasteiger partial charge in [-0.1, -0.05) is 56.0 Å². The van der Waals surface area contributed by atoms with E-state index in [1.165, 1.54) is 44.1 Å². The standard InChI is InChI=1S/C19H27N5/c1-2-24(15-16-10-6-5-7-11-16)18-14-20-23-19(22-18)21-17-12-8-3-4-9-13-17/h5-7,10-11,14,17H,2-4,8-9,12-13,15H2,1H3,(H,21,22,23). The summed E-state index contributed by atoms with van der Waals surface area (Å²) in [5.74, 6) is 1.54. The largest absolute Gasteiger partial charge is 0.351 e. The van der Waals surface area contributed by atoms with E-state index < -0.39 is 0 Å². The van der Waals surface area contributed by atoms with Gasteiger partial charge in [0.2, 0.25) is 5.95 Å². The van der Waals surface area contributed by atoms with Crippen LogP contribution < -0.4 is 10.2 Å². The van der Waals surface area contributed by atoms with Gasteiger partial charge < -0.3 is 10.2 Å². The third kappa shape index (κ3) is 4.66. The highest BCUT2D eigenvalue weighted by Gasteiger charge is 2.15. The molecule has 128 valence electrons. The Morgan fingerprint density at radius 1 is 1.08 bits per heavy atom. The van der Waals surface area contributed by atoms with Crippen molar-refractivity contribution in [2.75, 3.05) is 16.8 Å². The molecule has 24 heavy (non-hydrogen) atoms. The van der Waals surface area contributed by atoms with Gasteiger partial charge in [-0.2, -0.15) is 10.1 Å². The second-order valence-corrected chi connectivity index (χ2v) is 6.47. The average molecular weight is 325 g/mol. The number of rotatable bonds is 6. The number of hydrogen-bond acceptors (Lipinski definition) is 5. The van der Waals surface area contributed by atoms with E-state index in [0.29, 0.717) is 12.0 Å². The van der Waals surface area contributed by atoms with Crippen LogP contribution >= 0.6 is 0 Å². The molecule has 1 aliphatic carbocycles. The van der Waals surface area contributed by atoms with E-state index in [4.69, 9.17) is 4.98 Å². The quantitative estimate of drug-likeness (QED) is 0.813. The van der Waals surface area contributed by atoms with Crippen LogP contribution in [0.2, 0.25) is 0 Å². The van der Waals surface area contributed by atoms with Gasteiger partial charge in [-0.25, -0.2) is 0 Å². The molecule has 0 atom stereocenters. The molecule has 0 unspecified atom stereocenters. The molecule has 0 bridgehead atoms. The molecule has 3 rings (SSSR count). The van der Waals surface area contributed by atoms with Crippen molar-refractivity contribution in [1.82, 2.24) is 15.2 Å². The zero-order valence-corrected chi connectivity index (χ0v) is 14.5. The van der Waals surface area contributed by atoms with Crippen LogP contribution in [-0.2, 0) is 6.54 Å². The van der Waals surface area contributed by atoms with Gasteiger partial charge in [-0.3, -0.25) is 0 Å². The summed E-state index contributed by atoms with van der Waals surface area (Å²) < 4.78 is 0. The minimum atomic E-state index is 0.480. The summed E-state index contributed by atoms with van der Waals surface area (Å²) in [5.41, 5.74) is 1.27. The van der Waals surface area contributed by atoms with Crippen molar-refractivity contribution in [3.63, 3.8) is 0 Å². The Balaban J connectivity index is 1.68. The van der Waals surface area contributed by atoms with Crippen LogP contribution in [0.4, 0.5) is 11.8 Å². The minimum Gasteiger partial charge on any atom is -0.351 e. The zero-order chi connectivity index (χ0) is 16.6. The SMILES string of the molecule is CCN(Cc1ccccc1)c1cnnc(NC2CCCCCC2)n1. The number of hydrogen-bond donors (Lipinski definition) is 1. The maximum atomic E-state index is 4.71. The van der Waals surface area contributed by atoms with E-state index in [0.717, 1.165) is 18.9 Å². The van der Waals surface area contributed by atoms with Crippen LogP contribution in [-0.4, -0.2) is 27.8 Å². The maximum Gasteiger partial charge on any atom is 0.244 e. The zero-order valence-electron chi connectivity index (χ0n) is 14.5. The van der Waals surface area contributed by atoms with E-state index in [1.807, 2.05) is 6.07 Å². The van der Waals surface area contributed by atoms with Crippen LogP contribution in [0.5, 0.6) is 0 Å². The molecule has 1 aromatic heterocycles. The van der Waals surface area contributed by atoms with Gasteiger partial charge >= 0.3 is 0 Å². The molecule has 1 N–H and O–H groups in total. The lowest BCUT2D eigenvalue weighted by Crippen LogP contribution is -2.25. The molecule has 2 aromatic rings. The molecule has 0 saturated heterocycles. The first-order valence-electron chi connectivity index (χ1n) is 9.10. The lowest BCUT2D eigenvalue weighted by molar-refractivity contribution is 0.612. The van der Waals surface area contributed by atoms with Crippen molar-refractivity contribution in [2.24, 2.45) is 0 Å². The molecule has 1 heterocycles. The Kier molecular flexibility index (Phi) is 5.99. The Morgan fingerprint density at radius 3 is 2.54 bits per heavy atom. The van der Waals surface area contributed by atoms with Gasteiger partial charge in [0.05, 0.1) is 6.20 Å². The summed E-state index contributed by atoms with van der Waals surface area (Å²) >= 11 is 0. The Bertz CT molecular complexity index is 608. The first-order chi connectivity index (χ1) is 11.8. The third-order valence-corrected chi connectivity index (χ3v) is 4.66. The summed E-state index contributed by atoms with van der Waals surface area (Å²) in [6.45, 7) is 3.86. The van der Waals surface area contributed by atoms with Crippen LogP contribution in [0, 0.1) is 0 Å². The van der Waals surface area contributed by atoms with Gasteiger partial charge in [-0.15, -0.1) is 5.10 Å². The number of anilines is 2. The Hall–Kier alpha value is -2.17. The minimum absolute atomic E-state index is 0.480. The molecule has 0 radical (unpaired) electrons. The van der Waals surface area contributed by atoms with Crippen LogP contribution in [0.1, 0.15) is 51.0 Å². The van der Waals surface area contributed by atoms with Gasteiger partial charge in [0.1, 0.15) is 0 Å². The first kappa shape index (κ1) is 16.7. The van der Waals surface area contributed by atoms with Gasteiger partial charge in [-0.05, 0) is 25.3 Å². The van der Waals surface area contributed by atoms with E-state index in [-0.39, 0.29) is 0 Å². The fraction of sp³-hybridized carbons (Fsp3) is 0.526. The predicted molar refractivity (Wildman–Crippen MR) is 98.1 cm³/mol. The Labute approximate surface area is 144 Å². The molecule has 0 aliphatic heterocycles. The van der Waals surface area contributed by atoms with Crippen molar-refractivity contribution in [1.29, 1.82) is 0 Å². The number of benzene rings is 1. The van der Waals surface area contributed by atoms with Crippen molar-refractivity contribution >= 4 is 11.8 Å². The van der Waals surface area contributed by atoms with E-state index >= 15 is 0 Å². The van der Waals surface area contributed by atoms with E-state index in [2.05, 4.69) is 51.6 Å². The molecule has 0 amide bonds. The predicted octanol–water partition coefficient (Wildman–Crippen LogP) is 4.03. The van der Waals surface area contributed by atoms with E-state index in [9.17, 15) is 0 Å². The molecular weight excluding hydrogens is 298 g/mol. The highest BCUT2D eigenvalue weighted by Crippen LogP contribution is 2.20. The lowest BCUT2D eigenvalue weighted by atomic mass is 10.1. The first-order valence-corrected chi connectivity index (χ1v) is 9.10. The summed E-state index contributed by atoms with van der Waals surface area (Å²) in [4.78, 5) is 6.93. The number of nitrogens with zero attached hydrogens (tertiary/aromatic N) is 4. The lowest BCUT2D eigenvalue weighted by Gasteiger charge is -2.22. The molecule has 5 nitrogen and oxygen atoms in total. The fourth-order valence-electron chi connectivity index (χ4n) is 3.27. The second kappa shape index (κ2) is 8.62. The maximum absolute atomic E-state index is 4.71. The molecule has 1 aliphatic rings. The molecule has 1 aromatic carbocycles. The molecular formula is C19H27N5. The monoisotopic (exact) mass is 325 g/mol. The summed E-state index contributed by atoms with van der Waals surface area (Å²) in [7, 11) is 0. The molecule has 5 heteroatoms. The Morgan fingerprint density at radius 2 is 1.83 bits per heavy atom. The van der Waals surface area contributed by atoms with Crippen molar-refractivity contribution in [3.05, 3.63) is 42.1 Å². The van der Waals surface area contributed by atoms with Crippen LogP contribution in [0.15, 0.2) is 36.5 Å². The highest BCUT2D eigenvalue weighted by atomic mass is 15.3. The smallest absolute Gasteiger partial charge is 0.244 e. The summed E-state index contributed by atoms with van der Waals surface area (Å²) in [5, 5.41) is 11.8. The van der Waals surface area contributed by atoms with E-state index in [1.54, 1.807) is 6.20 Å².